The van der Waals surface area contributed by atoms with Crippen LogP contribution in [0.2, 0.25) is 0 Å². The highest BCUT2D eigenvalue weighted by molar-refractivity contribution is 5.95. The van der Waals surface area contributed by atoms with Crippen molar-refractivity contribution in [1.29, 1.82) is 0 Å². The molecule has 8 heteroatoms. The average Bonchev–Trinajstić information content (AvgIpc) is 3.17. The molecule has 0 spiro atoms. The highest BCUT2D eigenvalue weighted by Gasteiger charge is 2.20. The van der Waals surface area contributed by atoms with Gasteiger partial charge in [-0.25, -0.2) is 4.79 Å². The number of esters is 1. The number of hydrogen-bond donors (Lipinski definition) is 1. The zero-order chi connectivity index (χ0) is 20.9. The number of nitrogens with one attached hydrogen (secondary N) is 1. The molecule has 1 saturated heterocycles. The van der Waals surface area contributed by atoms with Gasteiger partial charge < -0.3 is 24.4 Å². The molecule has 2 aliphatic heterocycles. The van der Waals surface area contributed by atoms with Gasteiger partial charge in [-0.3, -0.25) is 9.59 Å². The van der Waals surface area contributed by atoms with Crippen LogP contribution in [-0.2, 0) is 20.9 Å². The van der Waals surface area contributed by atoms with Gasteiger partial charge in [-0.05, 0) is 36.2 Å². The molecule has 8 nitrogen and oxygen atoms in total. The lowest BCUT2D eigenvalue weighted by Crippen LogP contribution is -2.24. The van der Waals surface area contributed by atoms with Crippen LogP contribution < -0.4 is 14.8 Å². The highest BCUT2D eigenvalue weighted by atomic mass is 16.6. The van der Waals surface area contributed by atoms with Gasteiger partial charge in [-0.2, -0.15) is 0 Å². The molecule has 2 heterocycles. The van der Waals surface area contributed by atoms with E-state index in [-0.39, 0.29) is 5.91 Å². The first-order chi connectivity index (χ1) is 14.6. The van der Waals surface area contributed by atoms with Crippen molar-refractivity contribution in [3.05, 3.63) is 53.6 Å². The first kappa shape index (κ1) is 19.8. The molecular weight excluding hydrogens is 388 g/mol. The molecule has 1 N–H and O–H groups in total. The Kier molecular flexibility index (Phi) is 5.83. The van der Waals surface area contributed by atoms with Crippen LogP contribution in [0.25, 0.3) is 0 Å². The van der Waals surface area contributed by atoms with Crippen molar-refractivity contribution in [3.63, 3.8) is 0 Å². The summed E-state index contributed by atoms with van der Waals surface area (Å²) in [6, 6.07) is 11.9. The predicted octanol–water partition coefficient (Wildman–Crippen LogP) is 2.38. The molecule has 0 unspecified atom stereocenters. The molecule has 0 bridgehead atoms. The lowest BCUT2D eigenvalue weighted by molar-refractivity contribution is -0.128. The van der Waals surface area contributed by atoms with Gasteiger partial charge in [0.15, 0.2) is 18.1 Å². The fourth-order valence-corrected chi connectivity index (χ4v) is 3.37. The third-order valence-electron chi connectivity index (χ3n) is 4.89. The number of benzene rings is 2. The topological polar surface area (TPSA) is 94.2 Å². The molecule has 0 saturated carbocycles. The number of anilines is 1. The summed E-state index contributed by atoms with van der Waals surface area (Å²) in [5.41, 5.74) is 1.82. The summed E-state index contributed by atoms with van der Waals surface area (Å²) in [7, 11) is 0. The molecule has 4 rings (SSSR count). The van der Waals surface area contributed by atoms with Crippen molar-refractivity contribution in [3.8, 4) is 11.5 Å². The molecule has 2 aromatic rings. The summed E-state index contributed by atoms with van der Waals surface area (Å²) in [6.07, 6.45) is 1.48. The van der Waals surface area contributed by atoms with Crippen molar-refractivity contribution in [2.24, 2.45) is 0 Å². The Morgan fingerprint density at radius 2 is 1.80 bits per heavy atom. The maximum absolute atomic E-state index is 12.2. The molecule has 0 radical (unpaired) electrons. The van der Waals surface area contributed by atoms with E-state index in [0.717, 1.165) is 18.5 Å². The molecule has 0 aliphatic carbocycles. The quantitative estimate of drug-likeness (QED) is 0.735. The highest BCUT2D eigenvalue weighted by Crippen LogP contribution is 2.32. The largest absolute Gasteiger partial charge is 0.486 e. The van der Waals surface area contributed by atoms with E-state index in [0.29, 0.717) is 48.9 Å². The third kappa shape index (κ3) is 4.71. The Hall–Kier alpha value is -3.55. The Morgan fingerprint density at radius 3 is 2.53 bits per heavy atom. The Balaban J connectivity index is 1.26. The van der Waals surface area contributed by atoms with Crippen LogP contribution in [0, 0.1) is 0 Å². The maximum atomic E-state index is 12.2. The van der Waals surface area contributed by atoms with Gasteiger partial charge in [0, 0.05) is 31.3 Å². The minimum Gasteiger partial charge on any atom is -0.486 e. The second-order valence-corrected chi connectivity index (χ2v) is 7.10. The summed E-state index contributed by atoms with van der Waals surface area (Å²) >= 11 is 0. The zero-order valence-corrected chi connectivity index (χ0v) is 16.4. The molecule has 0 atom stereocenters. The fraction of sp³-hybridized carbons (Fsp3) is 0.318. The van der Waals surface area contributed by atoms with Gasteiger partial charge in [0.05, 0.1) is 5.56 Å². The number of likely N-dealkylation sites (tertiary alicyclic amines) is 1. The predicted molar refractivity (Wildman–Crippen MR) is 107 cm³/mol. The minimum absolute atomic E-state index is 0.155. The number of fused-ring (bicyclic) bond motifs is 1. The number of carbonyl (C=O) groups excluding carboxylic acids is 3. The van der Waals surface area contributed by atoms with E-state index in [2.05, 4.69) is 5.32 Å². The Bertz CT molecular complexity index is 957. The summed E-state index contributed by atoms with van der Waals surface area (Å²) in [4.78, 5) is 37.8. The first-order valence-corrected chi connectivity index (χ1v) is 9.82. The second-order valence-electron chi connectivity index (χ2n) is 7.10. The number of amides is 2. The molecule has 1 fully saturated rings. The van der Waals surface area contributed by atoms with E-state index < -0.39 is 18.5 Å². The smallest absolute Gasteiger partial charge is 0.338 e. The number of hydrogen-bond acceptors (Lipinski definition) is 6. The molecule has 2 aliphatic rings. The molecule has 2 aromatic carbocycles. The summed E-state index contributed by atoms with van der Waals surface area (Å²) < 4.78 is 16.0. The molecule has 2 amide bonds. The van der Waals surface area contributed by atoms with Gasteiger partial charge in [0.25, 0.3) is 5.91 Å². The van der Waals surface area contributed by atoms with E-state index in [1.807, 2.05) is 0 Å². The summed E-state index contributed by atoms with van der Waals surface area (Å²) in [5.74, 6) is 0.304. The van der Waals surface area contributed by atoms with Crippen LogP contribution >= 0.6 is 0 Å². The lowest BCUT2D eigenvalue weighted by Gasteiger charge is -2.19. The van der Waals surface area contributed by atoms with Crippen molar-refractivity contribution in [1.82, 2.24) is 4.90 Å². The lowest BCUT2D eigenvalue weighted by atomic mass is 10.1. The van der Waals surface area contributed by atoms with Crippen LogP contribution in [0.15, 0.2) is 42.5 Å². The van der Waals surface area contributed by atoms with Crippen LogP contribution in [0.5, 0.6) is 11.5 Å². The van der Waals surface area contributed by atoms with E-state index >= 15 is 0 Å². The van der Waals surface area contributed by atoms with Crippen molar-refractivity contribution in [2.45, 2.75) is 19.4 Å². The number of nitrogens with zero attached hydrogens (tertiary/aromatic N) is 1. The molecule has 30 heavy (non-hydrogen) atoms. The standard InChI is InChI=1S/C22H22N2O6/c25-20(23-17-7-8-18-19(12-17)29-11-10-28-18)14-30-22(27)16-5-3-15(4-6-16)13-24-9-1-2-21(24)26/h3-8,12H,1-2,9-11,13-14H2,(H,23,25). The SMILES string of the molecule is O=C(COC(=O)c1ccc(CN2CCCC2=O)cc1)Nc1ccc2c(c1)OCCO2. The van der Waals surface area contributed by atoms with E-state index in [1.165, 1.54) is 0 Å². The summed E-state index contributed by atoms with van der Waals surface area (Å²) in [5, 5.41) is 2.66. The van der Waals surface area contributed by atoms with Gasteiger partial charge in [-0.1, -0.05) is 12.1 Å². The number of ether oxygens (including phenoxy) is 3. The Morgan fingerprint density at radius 1 is 1.03 bits per heavy atom. The molecule has 156 valence electrons. The van der Waals surface area contributed by atoms with E-state index in [9.17, 15) is 14.4 Å². The normalized spacial score (nSPS) is 15.1. The van der Waals surface area contributed by atoms with Crippen molar-refractivity contribution < 1.29 is 28.6 Å². The zero-order valence-electron chi connectivity index (χ0n) is 16.4. The fourth-order valence-electron chi connectivity index (χ4n) is 3.37. The van der Waals surface area contributed by atoms with Gasteiger partial charge >= 0.3 is 5.97 Å². The van der Waals surface area contributed by atoms with Gasteiger partial charge in [0.2, 0.25) is 5.91 Å². The van der Waals surface area contributed by atoms with E-state index in [1.54, 1.807) is 47.4 Å². The van der Waals surface area contributed by atoms with Crippen molar-refractivity contribution >= 4 is 23.5 Å². The monoisotopic (exact) mass is 410 g/mol. The maximum Gasteiger partial charge on any atom is 0.338 e. The van der Waals surface area contributed by atoms with Crippen molar-refractivity contribution in [2.75, 3.05) is 31.7 Å². The van der Waals surface area contributed by atoms with Crippen LogP contribution in [0.3, 0.4) is 0 Å². The van der Waals surface area contributed by atoms with Crippen LogP contribution in [-0.4, -0.2) is 49.0 Å². The average molecular weight is 410 g/mol. The minimum atomic E-state index is -0.587. The number of carbonyl (C=O) groups is 3. The Labute approximate surface area is 173 Å². The van der Waals surface area contributed by atoms with Gasteiger partial charge in [-0.15, -0.1) is 0 Å². The third-order valence-corrected chi connectivity index (χ3v) is 4.89. The number of rotatable bonds is 6. The van der Waals surface area contributed by atoms with E-state index in [4.69, 9.17) is 14.2 Å². The van der Waals surface area contributed by atoms with Gasteiger partial charge in [0.1, 0.15) is 13.2 Å². The second kappa shape index (κ2) is 8.86. The summed E-state index contributed by atoms with van der Waals surface area (Å²) in [6.45, 7) is 1.84. The van der Waals surface area contributed by atoms with Crippen LogP contribution in [0.4, 0.5) is 5.69 Å². The molecule has 0 aromatic heterocycles. The van der Waals surface area contributed by atoms with Crippen LogP contribution in [0.1, 0.15) is 28.8 Å². The molecular formula is C22H22N2O6. The first-order valence-electron chi connectivity index (χ1n) is 9.82.